The minimum atomic E-state index is -0.380. The zero-order valence-electron chi connectivity index (χ0n) is 22.0. The van der Waals surface area contributed by atoms with Gasteiger partial charge in [0.15, 0.2) is 0 Å². The number of hydrogen-bond donors (Lipinski definition) is 1. The lowest BCUT2D eigenvalue weighted by Crippen LogP contribution is -2.50. The van der Waals surface area contributed by atoms with E-state index in [0.717, 1.165) is 41.9 Å². The predicted molar refractivity (Wildman–Crippen MR) is 136 cm³/mol. The Morgan fingerprint density at radius 2 is 1.94 bits per heavy atom. The van der Waals surface area contributed by atoms with Crippen LogP contribution in [0.1, 0.15) is 104 Å². The van der Waals surface area contributed by atoms with Crippen molar-refractivity contribution in [3.63, 3.8) is 0 Å². The van der Waals surface area contributed by atoms with Crippen LogP contribution in [0.15, 0.2) is 12.4 Å². The molecule has 0 spiro atoms. The molecule has 4 aliphatic carbocycles. The van der Waals surface area contributed by atoms with Crippen LogP contribution in [0.4, 0.5) is 0 Å². The molecule has 4 saturated carbocycles. The molecule has 5 rings (SSSR count). The average Bonchev–Trinajstić information content (AvgIpc) is 3.33. The quantitative estimate of drug-likeness (QED) is 0.480. The molecule has 1 aromatic rings. The topological polar surface area (TPSA) is 61.8 Å². The van der Waals surface area contributed by atoms with Crippen LogP contribution in [0.25, 0.3) is 0 Å². The summed E-state index contributed by atoms with van der Waals surface area (Å²) in [4.78, 5) is 0. The molecular weight excluding hydrogens is 418 g/mol. The number of aliphatic hydroxyl groups is 1. The second-order valence-corrected chi connectivity index (χ2v) is 12.8. The van der Waals surface area contributed by atoms with Crippen molar-refractivity contribution in [3.05, 3.63) is 18.0 Å². The maximum atomic E-state index is 11.4. The highest BCUT2D eigenvalue weighted by molar-refractivity contribution is 5.21. The first-order chi connectivity index (χ1) is 16.4. The summed E-state index contributed by atoms with van der Waals surface area (Å²) in [5.74, 6) is 5.77. The molecule has 10 atom stereocenters. The van der Waals surface area contributed by atoms with E-state index in [-0.39, 0.29) is 11.5 Å². The summed E-state index contributed by atoms with van der Waals surface area (Å²) in [5, 5.41) is 24.9. The van der Waals surface area contributed by atoms with E-state index in [1.54, 1.807) is 17.1 Å². The smallest absolute Gasteiger partial charge is 0.102 e. The van der Waals surface area contributed by atoms with Gasteiger partial charge in [-0.25, -0.2) is 0 Å². The van der Waals surface area contributed by atoms with E-state index in [1.165, 1.54) is 64.2 Å². The van der Waals surface area contributed by atoms with E-state index in [4.69, 9.17) is 5.26 Å². The fourth-order valence-corrected chi connectivity index (χ4v) is 10.3. The fourth-order valence-electron chi connectivity index (χ4n) is 10.3. The summed E-state index contributed by atoms with van der Waals surface area (Å²) in [7, 11) is 0. The molecule has 1 N–H and O–H groups in total. The van der Waals surface area contributed by atoms with Gasteiger partial charge >= 0.3 is 0 Å². The van der Waals surface area contributed by atoms with E-state index in [9.17, 15) is 5.11 Å². The summed E-state index contributed by atoms with van der Waals surface area (Å²) >= 11 is 0. The van der Waals surface area contributed by atoms with Crippen molar-refractivity contribution < 1.29 is 5.11 Å². The van der Waals surface area contributed by atoms with Gasteiger partial charge in [-0.2, -0.15) is 10.4 Å². The molecular formula is C30H47N3O. The molecule has 1 heterocycles. The maximum absolute atomic E-state index is 11.4. The fraction of sp³-hybridized carbons (Fsp3) is 0.867. The first-order valence-corrected chi connectivity index (χ1v) is 14.5. The Balaban J connectivity index is 1.40. The molecule has 0 saturated heterocycles. The molecule has 34 heavy (non-hydrogen) atoms. The van der Waals surface area contributed by atoms with E-state index in [1.807, 2.05) is 0 Å². The van der Waals surface area contributed by atoms with Crippen molar-refractivity contribution in [1.82, 2.24) is 9.78 Å². The molecule has 0 aromatic carbocycles. The van der Waals surface area contributed by atoms with Crippen molar-refractivity contribution in [2.75, 3.05) is 0 Å². The lowest BCUT2D eigenvalue weighted by atomic mass is 9.48. The molecule has 4 fully saturated rings. The highest BCUT2D eigenvalue weighted by atomic mass is 16.3. The normalized spacial score (nSPS) is 44.2. The Bertz CT molecular complexity index is 903. The molecule has 0 amide bonds. The van der Waals surface area contributed by atoms with Crippen LogP contribution in [-0.2, 0) is 6.54 Å². The van der Waals surface area contributed by atoms with E-state index in [2.05, 4.69) is 38.9 Å². The number of nitrogens with zero attached hydrogens (tertiary/aromatic N) is 3. The highest BCUT2D eigenvalue weighted by Gasteiger charge is 2.63. The summed E-state index contributed by atoms with van der Waals surface area (Å²) in [6, 6.07) is 2.16. The molecule has 0 aliphatic heterocycles. The Morgan fingerprint density at radius 3 is 2.62 bits per heavy atom. The number of aromatic nitrogens is 2. The van der Waals surface area contributed by atoms with Crippen LogP contribution in [0.2, 0.25) is 0 Å². The monoisotopic (exact) mass is 465 g/mol. The number of hydrogen-bond acceptors (Lipinski definition) is 3. The standard InChI is InChI=1S/C30H47N3O/c1-5-13-30(7-3)25-12-14-29(4)24(22(25)9-8-21(6-2)23-15-27(23)30)10-11-26(29)28(34)19-33-18-20(16-31)17-32-33/h17-18,21-28,34H,5-15,19H2,1-4H3. The van der Waals surface area contributed by atoms with Crippen LogP contribution in [0.3, 0.4) is 0 Å². The molecule has 4 nitrogen and oxygen atoms in total. The predicted octanol–water partition coefficient (Wildman–Crippen LogP) is 6.83. The summed E-state index contributed by atoms with van der Waals surface area (Å²) < 4.78 is 1.78. The zero-order chi connectivity index (χ0) is 24.1. The minimum absolute atomic E-state index is 0.237. The minimum Gasteiger partial charge on any atom is -0.391 e. The molecule has 0 radical (unpaired) electrons. The van der Waals surface area contributed by atoms with Gasteiger partial charge in [0.05, 0.1) is 24.4 Å². The lowest BCUT2D eigenvalue weighted by molar-refractivity contribution is -0.0917. The first-order valence-electron chi connectivity index (χ1n) is 14.5. The van der Waals surface area contributed by atoms with Gasteiger partial charge in [-0.3, -0.25) is 4.68 Å². The Labute approximate surface area is 207 Å². The van der Waals surface area contributed by atoms with Crippen molar-refractivity contribution in [2.45, 2.75) is 111 Å². The number of aliphatic hydroxyl groups excluding tert-OH is 1. The van der Waals surface area contributed by atoms with Gasteiger partial charge in [0.25, 0.3) is 0 Å². The van der Waals surface area contributed by atoms with Gasteiger partial charge in [-0.15, -0.1) is 0 Å². The van der Waals surface area contributed by atoms with Crippen molar-refractivity contribution >= 4 is 0 Å². The van der Waals surface area contributed by atoms with E-state index < -0.39 is 0 Å². The van der Waals surface area contributed by atoms with Crippen molar-refractivity contribution in [3.8, 4) is 6.07 Å². The third-order valence-electron chi connectivity index (χ3n) is 11.8. The van der Waals surface area contributed by atoms with Crippen LogP contribution in [0.5, 0.6) is 0 Å². The van der Waals surface area contributed by atoms with Crippen LogP contribution in [-0.4, -0.2) is 21.0 Å². The van der Waals surface area contributed by atoms with Gasteiger partial charge in [0.1, 0.15) is 6.07 Å². The van der Waals surface area contributed by atoms with Crippen molar-refractivity contribution in [2.24, 2.45) is 52.3 Å². The largest absolute Gasteiger partial charge is 0.391 e. The maximum Gasteiger partial charge on any atom is 0.102 e. The molecule has 0 bridgehead atoms. The third-order valence-corrected chi connectivity index (χ3v) is 11.8. The Morgan fingerprint density at radius 1 is 1.12 bits per heavy atom. The second kappa shape index (κ2) is 9.27. The van der Waals surface area contributed by atoms with Crippen molar-refractivity contribution in [1.29, 1.82) is 5.26 Å². The third kappa shape index (κ3) is 3.76. The van der Waals surface area contributed by atoms with Crippen LogP contribution >= 0.6 is 0 Å². The van der Waals surface area contributed by atoms with Crippen LogP contribution in [0, 0.1) is 63.6 Å². The average molecular weight is 466 g/mol. The zero-order valence-corrected chi connectivity index (χ0v) is 22.0. The van der Waals surface area contributed by atoms with E-state index >= 15 is 0 Å². The van der Waals surface area contributed by atoms with Gasteiger partial charge in [0.2, 0.25) is 0 Å². The van der Waals surface area contributed by atoms with Gasteiger partial charge in [-0.05, 0) is 110 Å². The van der Waals surface area contributed by atoms with Gasteiger partial charge in [-0.1, -0.05) is 40.5 Å². The molecule has 4 heteroatoms. The number of fused-ring (bicyclic) bond motifs is 4. The summed E-state index contributed by atoms with van der Waals surface area (Å²) in [5.41, 5.74) is 1.38. The first kappa shape index (κ1) is 24.4. The highest BCUT2D eigenvalue weighted by Crippen LogP contribution is 2.71. The Hall–Kier alpha value is -1.34. The number of nitriles is 1. The lowest BCUT2D eigenvalue weighted by Gasteiger charge is -2.57. The molecule has 1 aromatic heterocycles. The van der Waals surface area contributed by atoms with E-state index in [0.29, 0.717) is 23.4 Å². The van der Waals surface area contributed by atoms with Crippen LogP contribution < -0.4 is 0 Å². The molecule has 4 aliphatic rings. The number of rotatable bonds is 7. The summed E-state index contributed by atoms with van der Waals surface area (Å²) in [6.07, 6.45) is 18.0. The van der Waals surface area contributed by atoms with Gasteiger partial charge in [0, 0.05) is 6.20 Å². The molecule has 188 valence electrons. The molecule has 10 unspecified atom stereocenters. The SMILES string of the molecule is CCCC1(CC)C2CC2C(CC)CCC2C3CCC(C(O)Cn4cc(C#N)cn4)C3(C)CCC21. The second-order valence-electron chi connectivity index (χ2n) is 12.8. The Kier molecular flexibility index (Phi) is 6.64. The van der Waals surface area contributed by atoms with Gasteiger partial charge < -0.3 is 5.11 Å². The summed E-state index contributed by atoms with van der Waals surface area (Å²) in [6.45, 7) is 10.4.